The SMILES string of the molecule is Cc1cc2cc(CNC(=O)Cc3cccc(F)c3)ccc2n1C. The lowest BCUT2D eigenvalue weighted by Crippen LogP contribution is -2.24. The molecule has 0 aliphatic heterocycles. The fraction of sp³-hybridized carbons (Fsp3) is 0.211. The third kappa shape index (κ3) is 3.42. The maximum atomic E-state index is 13.1. The molecule has 1 amide bonds. The van der Waals surface area contributed by atoms with E-state index in [1.165, 1.54) is 28.7 Å². The lowest BCUT2D eigenvalue weighted by atomic mass is 10.1. The average molecular weight is 310 g/mol. The van der Waals surface area contributed by atoms with E-state index >= 15 is 0 Å². The van der Waals surface area contributed by atoms with E-state index in [0.29, 0.717) is 12.1 Å². The molecule has 0 atom stereocenters. The topological polar surface area (TPSA) is 34.0 Å². The van der Waals surface area contributed by atoms with Crippen molar-refractivity contribution in [3.05, 3.63) is 71.2 Å². The first-order valence-corrected chi connectivity index (χ1v) is 7.59. The standard InChI is InChI=1S/C19H19FN2O/c1-13-8-16-9-15(6-7-18(16)22(13)2)12-21-19(23)11-14-4-3-5-17(20)10-14/h3-10H,11-12H2,1-2H3,(H,21,23). The number of aromatic nitrogens is 1. The molecule has 0 unspecified atom stereocenters. The summed E-state index contributed by atoms with van der Waals surface area (Å²) in [7, 11) is 2.04. The highest BCUT2D eigenvalue weighted by atomic mass is 19.1. The van der Waals surface area contributed by atoms with Crippen LogP contribution in [0, 0.1) is 12.7 Å². The summed E-state index contributed by atoms with van der Waals surface area (Å²) in [5.74, 6) is -0.430. The minimum absolute atomic E-state index is 0.111. The van der Waals surface area contributed by atoms with E-state index < -0.39 is 0 Å². The monoisotopic (exact) mass is 310 g/mol. The Morgan fingerprint density at radius 1 is 1.13 bits per heavy atom. The van der Waals surface area contributed by atoms with Crippen molar-refractivity contribution in [2.75, 3.05) is 0 Å². The molecule has 1 N–H and O–H groups in total. The Bertz CT molecular complexity index is 867. The van der Waals surface area contributed by atoms with Crippen LogP contribution in [0.5, 0.6) is 0 Å². The highest BCUT2D eigenvalue weighted by Crippen LogP contribution is 2.19. The Kier molecular flexibility index (Phi) is 4.15. The normalized spacial score (nSPS) is 10.9. The van der Waals surface area contributed by atoms with Crippen LogP contribution in [0.2, 0.25) is 0 Å². The third-order valence-electron chi connectivity index (χ3n) is 4.09. The molecule has 2 aromatic carbocycles. The van der Waals surface area contributed by atoms with E-state index in [4.69, 9.17) is 0 Å². The highest BCUT2D eigenvalue weighted by molar-refractivity contribution is 5.82. The first kappa shape index (κ1) is 15.3. The second kappa shape index (κ2) is 6.24. The zero-order valence-corrected chi connectivity index (χ0v) is 13.3. The van der Waals surface area contributed by atoms with Crippen LogP contribution >= 0.6 is 0 Å². The van der Waals surface area contributed by atoms with Gasteiger partial charge in [0.05, 0.1) is 6.42 Å². The molecule has 1 heterocycles. The summed E-state index contributed by atoms with van der Waals surface area (Å²) in [6.45, 7) is 2.54. The van der Waals surface area contributed by atoms with Crippen molar-refractivity contribution in [1.82, 2.24) is 9.88 Å². The predicted molar refractivity (Wildman–Crippen MR) is 89.6 cm³/mol. The number of benzene rings is 2. The summed E-state index contributed by atoms with van der Waals surface area (Å²) < 4.78 is 15.3. The van der Waals surface area contributed by atoms with Crippen molar-refractivity contribution < 1.29 is 9.18 Å². The number of amides is 1. The molecule has 4 heteroatoms. The fourth-order valence-corrected chi connectivity index (χ4v) is 2.74. The molecule has 23 heavy (non-hydrogen) atoms. The van der Waals surface area contributed by atoms with E-state index in [-0.39, 0.29) is 18.1 Å². The van der Waals surface area contributed by atoms with E-state index in [9.17, 15) is 9.18 Å². The van der Waals surface area contributed by atoms with E-state index in [2.05, 4.69) is 35.0 Å². The van der Waals surface area contributed by atoms with E-state index in [1.54, 1.807) is 12.1 Å². The second-order valence-electron chi connectivity index (χ2n) is 5.82. The Morgan fingerprint density at radius 3 is 2.74 bits per heavy atom. The van der Waals surface area contributed by atoms with Crippen LogP contribution in [0.25, 0.3) is 10.9 Å². The van der Waals surface area contributed by atoms with Gasteiger partial charge in [0.1, 0.15) is 5.82 Å². The Labute approximate surface area is 134 Å². The number of nitrogens with zero attached hydrogens (tertiary/aromatic N) is 1. The number of hydrogen-bond donors (Lipinski definition) is 1. The number of nitrogens with one attached hydrogen (secondary N) is 1. The summed E-state index contributed by atoms with van der Waals surface area (Å²) in [6, 6.07) is 14.4. The molecule has 0 saturated carbocycles. The summed E-state index contributed by atoms with van der Waals surface area (Å²) in [5, 5.41) is 4.05. The molecule has 3 rings (SSSR count). The smallest absolute Gasteiger partial charge is 0.224 e. The van der Waals surface area contributed by atoms with Gasteiger partial charge in [-0.2, -0.15) is 0 Å². The van der Waals surface area contributed by atoms with E-state index in [1.807, 2.05) is 13.1 Å². The summed E-state index contributed by atoms with van der Waals surface area (Å²) in [6.07, 6.45) is 0.185. The van der Waals surface area contributed by atoms with Crippen LogP contribution < -0.4 is 5.32 Å². The van der Waals surface area contributed by atoms with Crippen molar-refractivity contribution in [2.45, 2.75) is 19.9 Å². The third-order valence-corrected chi connectivity index (χ3v) is 4.09. The molecule has 3 nitrogen and oxygen atoms in total. The molecule has 0 spiro atoms. The van der Waals surface area contributed by atoms with Crippen LogP contribution in [0.15, 0.2) is 48.5 Å². The second-order valence-corrected chi connectivity index (χ2v) is 5.82. The zero-order valence-electron chi connectivity index (χ0n) is 13.3. The summed E-state index contributed by atoms with van der Waals surface area (Å²) in [5.41, 5.74) is 4.11. The molecule has 118 valence electrons. The predicted octanol–water partition coefficient (Wildman–Crippen LogP) is 3.48. The van der Waals surface area contributed by atoms with Crippen molar-refractivity contribution in [3.63, 3.8) is 0 Å². The van der Waals surface area contributed by atoms with E-state index in [0.717, 1.165) is 5.56 Å². The number of carbonyl (C=O) groups is 1. The lowest BCUT2D eigenvalue weighted by molar-refractivity contribution is -0.120. The minimum Gasteiger partial charge on any atom is -0.352 e. The fourth-order valence-electron chi connectivity index (χ4n) is 2.74. The van der Waals surface area contributed by atoms with Gasteiger partial charge >= 0.3 is 0 Å². The number of halogens is 1. The Morgan fingerprint density at radius 2 is 1.96 bits per heavy atom. The molecule has 3 aromatic rings. The Balaban J connectivity index is 1.64. The number of fused-ring (bicyclic) bond motifs is 1. The molecule has 0 fully saturated rings. The largest absolute Gasteiger partial charge is 0.352 e. The van der Waals surface area contributed by atoms with Gasteiger partial charge in [-0.25, -0.2) is 4.39 Å². The summed E-state index contributed by atoms with van der Waals surface area (Å²) in [4.78, 5) is 12.0. The zero-order chi connectivity index (χ0) is 16.4. The maximum Gasteiger partial charge on any atom is 0.224 e. The molecular formula is C19H19FN2O. The van der Waals surface area contributed by atoms with Gasteiger partial charge in [0.25, 0.3) is 0 Å². The molecular weight excluding hydrogens is 291 g/mol. The number of aryl methyl sites for hydroxylation is 2. The molecule has 0 aliphatic rings. The van der Waals surface area contributed by atoms with Crippen LogP contribution in [0.3, 0.4) is 0 Å². The van der Waals surface area contributed by atoms with Crippen LogP contribution in [0.1, 0.15) is 16.8 Å². The van der Waals surface area contributed by atoms with Crippen LogP contribution in [-0.4, -0.2) is 10.5 Å². The molecule has 0 aliphatic carbocycles. The van der Waals surface area contributed by atoms with Crippen LogP contribution in [-0.2, 0) is 24.8 Å². The van der Waals surface area contributed by atoms with Crippen molar-refractivity contribution in [2.24, 2.45) is 7.05 Å². The van der Waals surface area contributed by atoms with Gasteiger partial charge in [0.15, 0.2) is 0 Å². The maximum absolute atomic E-state index is 13.1. The average Bonchev–Trinajstić information content (AvgIpc) is 2.80. The van der Waals surface area contributed by atoms with Gasteiger partial charge in [-0.3, -0.25) is 4.79 Å². The van der Waals surface area contributed by atoms with Crippen molar-refractivity contribution in [3.8, 4) is 0 Å². The first-order chi connectivity index (χ1) is 11.0. The minimum atomic E-state index is -0.319. The lowest BCUT2D eigenvalue weighted by Gasteiger charge is -2.06. The summed E-state index contributed by atoms with van der Waals surface area (Å²) >= 11 is 0. The van der Waals surface area contributed by atoms with Gasteiger partial charge in [-0.1, -0.05) is 18.2 Å². The van der Waals surface area contributed by atoms with Gasteiger partial charge in [0, 0.05) is 30.2 Å². The molecule has 1 aromatic heterocycles. The number of carbonyl (C=O) groups excluding carboxylic acids is 1. The van der Waals surface area contributed by atoms with Crippen LogP contribution in [0.4, 0.5) is 4.39 Å². The quantitative estimate of drug-likeness (QED) is 0.786. The van der Waals surface area contributed by atoms with Crippen molar-refractivity contribution in [1.29, 1.82) is 0 Å². The Hall–Kier alpha value is -2.62. The first-order valence-electron chi connectivity index (χ1n) is 7.59. The van der Waals surface area contributed by atoms with Gasteiger partial charge in [-0.05, 0) is 48.4 Å². The molecule has 0 saturated heterocycles. The number of hydrogen-bond acceptors (Lipinski definition) is 1. The highest BCUT2D eigenvalue weighted by Gasteiger charge is 2.06. The van der Waals surface area contributed by atoms with Gasteiger partial charge in [0.2, 0.25) is 5.91 Å². The van der Waals surface area contributed by atoms with Crippen molar-refractivity contribution >= 4 is 16.8 Å². The van der Waals surface area contributed by atoms with Gasteiger partial charge < -0.3 is 9.88 Å². The molecule has 0 radical (unpaired) electrons. The van der Waals surface area contributed by atoms with Gasteiger partial charge in [-0.15, -0.1) is 0 Å². The molecule has 0 bridgehead atoms. The number of rotatable bonds is 4.